The molecule has 2 aromatic rings. The first-order valence-electron chi connectivity index (χ1n) is 10.5. The predicted octanol–water partition coefficient (Wildman–Crippen LogP) is 2.30. The van der Waals surface area contributed by atoms with Crippen molar-refractivity contribution in [1.82, 2.24) is 4.98 Å². The summed E-state index contributed by atoms with van der Waals surface area (Å²) < 4.78 is 0. The molecular formula is C25H30N2O6. The van der Waals surface area contributed by atoms with Crippen molar-refractivity contribution in [2.75, 3.05) is 6.61 Å². The SMILES string of the molecule is NC(CO)C(O)c1cccc(C#CCCCCCc2ccccc2)n1.O=C(O)/C=C\C(=O)O. The molecule has 0 amide bonds. The van der Waals surface area contributed by atoms with Gasteiger partial charge in [0.05, 0.1) is 18.3 Å². The molecule has 8 heteroatoms. The van der Waals surface area contributed by atoms with Crippen LogP contribution in [0.3, 0.4) is 0 Å². The second-order valence-electron chi connectivity index (χ2n) is 7.10. The van der Waals surface area contributed by atoms with Gasteiger partial charge in [-0.05, 0) is 42.9 Å². The van der Waals surface area contributed by atoms with Crippen molar-refractivity contribution in [2.45, 2.75) is 44.2 Å². The smallest absolute Gasteiger partial charge is 0.328 e. The van der Waals surface area contributed by atoms with Crippen LogP contribution in [0.4, 0.5) is 0 Å². The zero-order chi connectivity index (χ0) is 24.5. The number of aryl methyl sites for hydroxylation is 1. The molecule has 1 heterocycles. The summed E-state index contributed by atoms with van der Waals surface area (Å²) in [6.45, 7) is -0.290. The number of nitrogens with two attached hydrogens (primary N) is 1. The van der Waals surface area contributed by atoms with Crippen molar-refractivity contribution in [3.05, 3.63) is 77.6 Å². The molecular weight excluding hydrogens is 424 g/mol. The highest BCUT2D eigenvalue weighted by Crippen LogP contribution is 2.13. The number of benzene rings is 1. The molecule has 0 fully saturated rings. The Morgan fingerprint density at radius 3 is 2.24 bits per heavy atom. The third-order valence-corrected chi connectivity index (χ3v) is 4.39. The summed E-state index contributed by atoms with van der Waals surface area (Å²) in [6.07, 6.45) is 5.47. The Labute approximate surface area is 193 Å². The molecule has 1 aromatic heterocycles. The van der Waals surface area contributed by atoms with E-state index in [9.17, 15) is 14.7 Å². The number of carboxylic acid groups (broad SMARTS) is 2. The number of nitrogens with zero attached hydrogens (tertiary/aromatic N) is 1. The number of hydrogen-bond donors (Lipinski definition) is 5. The number of unbranched alkanes of at least 4 members (excludes halogenated alkanes) is 3. The number of aliphatic hydroxyl groups is 2. The van der Waals surface area contributed by atoms with Crippen molar-refractivity contribution < 1.29 is 30.0 Å². The number of aliphatic carboxylic acids is 2. The van der Waals surface area contributed by atoms with Crippen LogP contribution >= 0.6 is 0 Å². The first-order valence-corrected chi connectivity index (χ1v) is 10.5. The lowest BCUT2D eigenvalue weighted by Crippen LogP contribution is -2.32. The van der Waals surface area contributed by atoms with Gasteiger partial charge in [0.2, 0.25) is 0 Å². The molecule has 2 rings (SSSR count). The highest BCUT2D eigenvalue weighted by molar-refractivity contribution is 5.89. The van der Waals surface area contributed by atoms with Crippen molar-refractivity contribution in [3.63, 3.8) is 0 Å². The number of rotatable bonds is 10. The van der Waals surface area contributed by atoms with Gasteiger partial charge in [0.1, 0.15) is 11.8 Å². The van der Waals surface area contributed by atoms with Crippen LogP contribution in [0.2, 0.25) is 0 Å². The molecule has 6 N–H and O–H groups in total. The molecule has 0 saturated carbocycles. The Bertz CT molecular complexity index is 934. The second-order valence-corrected chi connectivity index (χ2v) is 7.10. The fourth-order valence-corrected chi connectivity index (χ4v) is 2.66. The maximum Gasteiger partial charge on any atom is 0.328 e. The van der Waals surface area contributed by atoms with Crippen LogP contribution in [0.1, 0.15) is 48.7 Å². The topological polar surface area (TPSA) is 154 Å². The number of carbonyl (C=O) groups is 2. The molecule has 0 bridgehead atoms. The van der Waals surface area contributed by atoms with Crippen molar-refractivity contribution in [1.29, 1.82) is 0 Å². The Morgan fingerprint density at radius 1 is 0.970 bits per heavy atom. The minimum Gasteiger partial charge on any atom is -0.478 e. The van der Waals surface area contributed by atoms with E-state index in [1.807, 2.05) is 12.1 Å². The van der Waals surface area contributed by atoms with E-state index in [1.165, 1.54) is 12.0 Å². The maximum absolute atomic E-state index is 9.98. The van der Waals surface area contributed by atoms with Gasteiger partial charge in [-0.2, -0.15) is 0 Å². The molecule has 2 unspecified atom stereocenters. The molecule has 176 valence electrons. The molecule has 0 spiro atoms. The van der Waals surface area contributed by atoms with E-state index >= 15 is 0 Å². The van der Waals surface area contributed by atoms with Crippen molar-refractivity contribution in [2.24, 2.45) is 5.73 Å². The average Bonchev–Trinajstić information content (AvgIpc) is 2.82. The lowest BCUT2D eigenvalue weighted by atomic mass is 10.1. The average molecular weight is 455 g/mol. The van der Waals surface area contributed by atoms with Crippen LogP contribution in [-0.4, -0.2) is 50.0 Å². The summed E-state index contributed by atoms with van der Waals surface area (Å²) in [5.41, 5.74) is 8.07. The van der Waals surface area contributed by atoms with Gasteiger partial charge in [-0.3, -0.25) is 0 Å². The lowest BCUT2D eigenvalue weighted by molar-refractivity contribution is -0.134. The number of pyridine rings is 1. The van der Waals surface area contributed by atoms with Gasteiger partial charge >= 0.3 is 11.9 Å². The highest BCUT2D eigenvalue weighted by Gasteiger charge is 2.17. The fraction of sp³-hybridized carbons (Fsp3) is 0.320. The minimum absolute atomic E-state index is 0.290. The lowest BCUT2D eigenvalue weighted by Gasteiger charge is -2.15. The molecule has 2 atom stereocenters. The van der Waals surface area contributed by atoms with Crippen LogP contribution in [0, 0.1) is 11.8 Å². The molecule has 0 aliphatic carbocycles. The van der Waals surface area contributed by atoms with Gasteiger partial charge in [0.25, 0.3) is 0 Å². The van der Waals surface area contributed by atoms with Crippen LogP contribution < -0.4 is 5.73 Å². The largest absolute Gasteiger partial charge is 0.478 e. The summed E-state index contributed by atoms with van der Waals surface area (Å²) in [5.74, 6) is 3.65. The number of carboxylic acids is 2. The maximum atomic E-state index is 9.98. The number of hydrogen-bond acceptors (Lipinski definition) is 6. The van der Waals surface area contributed by atoms with Crippen LogP contribution in [-0.2, 0) is 16.0 Å². The van der Waals surface area contributed by atoms with Crippen LogP contribution in [0.5, 0.6) is 0 Å². The Hall–Kier alpha value is -3.51. The molecule has 8 nitrogen and oxygen atoms in total. The van der Waals surface area contributed by atoms with Gasteiger partial charge in [-0.1, -0.05) is 48.7 Å². The number of aromatic nitrogens is 1. The highest BCUT2D eigenvalue weighted by atomic mass is 16.4. The van der Waals surface area contributed by atoms with Gasteiger partial charge in [-0.15, -0.1) is 0 Å². The zero-order valence-electron chi connectivity index (χ0n) is 18.3. The Balaban J connectivity index is 0.000000582. The molecule has 33 heavy (non-hydrogen) atoms. The first-order chi connectivity index (χ1) is 15.8. The summed E-state index contributed by atoms with van der Waals surface area (Å²) in [4.78, 5) is 23.4. The molecule has 0 aliphatic rings. The monoisotopic (exact) mass is 454 g/mol. The molecule has 0 aliphatic heterocycles. The molecule has 0 saturated heterocycles. The molecule has 1 aromatic carbocycles. The Kier molecular flexibility index (Phi) is 13.5. The van der Waals surface area contributed by atoms with E-state index in [1.54, 1.807) is 12.1 Å². The van der Waals surface area contributed by atoms with E-state index < -0.39 is 24.1 Å². The van der Waals surface area contributed by atoms with Crippen LogP contribution in [0.25, 0.3) is 0 Å². The standard InChI is InChI=1S/C21H26N2O2.C4H4O4/c22-19(16-24)21(25)20-15-9-14-18(23-20)13-8-3-1-2-5-10-17-11-6-4-7-12-17;5-3(6)1-2-4(7)8/h4,6-7,9,11-12,14-15,19,21,24-25H,1-3,5,10,16,22H2;1-2H,(H,5,6)(H,7,8)/b;2-1-. The minimum atomic E-state index is -1.26. The van der Waals surface area contributed by atoms with E-state index in [0.29, 0.717) is 23.5 Å². The van der Waals surface area contributed by atoms with Crippen molar-refractivity contribution >= 4 is 11.9 Å². The zero-order valence-corrected chi connectivity index (χ0v) is 18.3. The van der Waals surface area contributed by atoms with E-state index in [-0.39, 0.29) is 6.61 Å². The van der Waals surface area contributed by atoms with E-state index in [0.717, 1.165) is 25.7 Å². The quantitative estimate of drug-likeness (QED) is 0.208. The van der Waals surface area contributed by atoms with Gasteiger partial charge in [0, 0.05) is 18.6 Å². The number of aliphatic hydroxyl groups excluding tert-OH is 2. The van der Waals surface area contributed by atoms with E-state index in [4.69, 9.17) is 21.1 Å². The first kappa shape index (κ1) is 27.5. The van der Waals surface area contributed by atoms with Gasteiger partial charge in [0.15, 0.2) is 0 Å². The molecule has 0 radical (unpaired) electrons. The predicted molar refractivity (Wildman–Crippen MR) is 124 cm³/mol. The van der Waals surface area contributed by atoms with Crippen molar-refractivity contribution in [3.8, 4) is 11.8 Å². The summed E-state index contributed by atoms with van der Waals surface area (Å²) in [6, 6.07) is 15.1. The Morgan fingerprint density at radius 2 is 1.64 bits per heavy atom. The fourth-order valence-electron chi connectivity index (χ4n) is 2.66. The van der Waals surface area contributed by atoms with Crippen LogP contribution in [0.15, 0.2) is 60.7 Å². The summed E-state index contributed by atoms with van der Waals surface area (Å²) >= 11 is 0. The third-order valence-electron chi connectivity index (χ3n) is 4.39. The third kappa shape index (κ3) is 12.8. The summed E-state index contributed by atoms with van der Waals surface area (Å²) in [7, 11) is 0. The second kappa shape index (κ2) is 16.2. The van der Waals surface area contributed by atoms with Gasteiger partial charge in [-0.25, -0.2) is 14.6 Å². The van der Waals surface area contributed by atoms with Gasteiger partial charge < -0.3 is 26.2 Å². The summed E-state index contributed by atoms with van der Waals surface area (Å²) in [5, 5.41) is 34.6. The normalized spacial score (nSPS) is 12.1. The van der Waals surface area contributed by atoms with E-state index in [2.05, 4.69) is 41.1 Å².